The lowest BCUT2D eigenvalue weighted by atomic mass is 10.2. The third kappa shape index (κ3) is 5.71. The second-order valence-corrected chi connectivity index (χ2v) is 6.64. The number of benzene rings is 1. The van der Waals surface area contributed by atoms with Gasteiger partial charge in [-0.3, -0.25) is 9.59 Å². The summed E-state index contributed by atoms with van der Waals surface area (Å²) in [7, 11) is 0. The van der Waals surface area contributed by atoms with Gasteiger partial charge in [0, 0.05) is 22.5 Å². The molecular formula is C15H20BrNO3S. The third-order valence-electron chi connectivity index (χ3n) is 3.14. The van der Waals surface area contributed by atoms with Crippen LogP contribution in [-0.4, -0.2) is 40.7 Å². The first kappa shape index (κ1) is 18.0. The van der Waals surface area contributed by atoms with Gasteiger partial charge in [-0.05, 0) is 44.0 Å². The van der Waals surface area contributed by atoms with Crippen LogP contribution in [0.3, 0.4) is 0 Å². The van der Waals surface area contributed by atoms with Gasteiger partial charge in [0.05, 0.1) is 12.2 Å². The van der Waals surface area contributed by atoms with Crippen molar-refractivity contribution >= 4 is 39.6 Å². The number of carbonyl (C=O) groups excluding carboxylic acids is 1. The molecule has 6 heteroatoms. The Labute approximate surface area is 138 Å². The van der Waals surface area contributed by atoms with Crippen molar-refractivity contribution in [3.63, 3.8) is 0 Å². The van der Waals surface area contributed by atoms with Crippen molar-refractivity contribution in [1.82, 2.24) is 4.90 Å². The molecule has 1 aromatic rings. The van der Waals surface area contributed by atoms with E-state index in [9.17, 15) is 9.59 Å². The van der Waals surface area contributed by atoms with Crippen LogP contribution in [0.15, 0.2) is 21.5 Å². The van der Waals surface area contributed by atoms with Gasteiger partial charge >= 0.3 is 5.97 Å². The molecule has 0 aliphatic heterocycles. The molecule has 0 atom stereocenters. The number of aryl methyl sites for hydroxylation is 2. The smallest absolute Gasteiger partial charge is 0.305 e. The first-order valence-electron chi connectivity index (χ1n) is 6.74. The molecular weight excluding hydrogens is 354 g/mol. The Morgan fingerprint density at radius 1 is 1.29 bits per heavy atom. The largest absolute Gasteiger partial charge is 0.481 e. The molecule has 21 heavy (non-hydrogen) atoms. The molecule has 0 unspecified atom stereocenters. The van der Waals surface area contributed by atoms with Crippen molar-refractivity contribution in [3.05, 3.63) is 27.7 Å². The number of amides is 1. The van der Waals surface area contributed by atoms with E-state index >= 15 is 0 Å². The summed E-state index contributed by atoms with van der Waals surface area (Å²) in [6, 6.07) is 4.11. The number of carbonyl (C=O) groups is 2. The van der Waals surface area contributed by atoms with Crippen molar-refractivity contribution in [2.45, 2.75) is 32.1 Å². The maximum atomic E-state index is 12.1. The summed E-state index contributed by atoms with van der Waals surface area (Å²) in [6.45, 7) is 6.69. The van der Waals surface area contributed by atoms with E-state index in [1.165, 1.54) is 11.8 Å². The second-order valence-electron chi connectivity index (χ2n) is 4.77. The van der Waals surface area contributed by atoms with Crippen LogP contribution in [-0.2, 0) is 9.59 Å². The average Bonchev–Trinajstić information content (AvgIpc) is 2.41. The number of hydrogen-bond acceptors (Lipinski definition) is 3. The highest BCUT2D eigenvalue weighted by molar-refractivity contribution is 9.10. The number of nitrogens with zero attached hydrogens (tertiary/aromatic N) is 1. The fraction of sp³-hybridized carbons (Fsp3) is 0.467. The molecule has 0 heterocycles. The summed E-state index contributed by atoms with van der Waals surface area (Å²) >= 11 is 4.99. The standard InChI is InChI=1S/C15H20BrNO3S/c1-4-17(6-5-15(19)20)14(18)9-21-13-8-10(2)12(16)7-11(13)3/h7-8H,4-6,9H2,1-3H3,(H,19,20). The van der Waals surface area contributed by atoms with E-state index in [4.69, 9.17) is 5.11 Å². The number of halogens is 1. The Morgan fingerprint density at radius 2 is 1.95 bits per heavy atom. The molecule has 0 spiro atoms. The summed E-state index contributed by atoms with van der Waals surface area (Å²) < 4.78 is 1.06. The Balaban J connectivity index is 2.63. The first-order chi connectivity index (χ1) is 9.85. The predicted molar refractivity (Wildman–Crippen MR) is 88.8 cm³/mol. The highest BCUT2D eigenvalue weighted by atomic mass is 79.9. The number of rotatable bonds is 7. The van der Waals surface area contributed by atoms with Gasteiger partial charge in [0.25, 0.3) is 0 Å². The molecule has 0 bridgehead atoms. The van der Waals surface area contributed by atoms with Gasteiger partial charge in [-0.1, -0.05) is 15.9 Å². The molecule has 1 aromatic carbocycles. The Bertz CT molecular complexity index is 534. The van der Waals surface area contributed by atoms with Gasteiger partial charge in [-0.2, -0.15) is 0 Å². The van der Waals surface area contributed by atoms with E-state index in [0.717, 1.165) is 20.5 Å². The maximum absolute atomic E-state index is 12.1. The maximum Gasteiger partial charge on any atom is 0.305 e. The fourth-order valence-corrected chi connectivity index (χ4v) is 3.30. The van der Waals surface area contributed by atoms with E-state index < -0.39 is 5.97 Å². The van der Waals surface area contributed by atoms with Gasteiger partial charge in [0.15, 0.2) is 0 Å². The lowest BCUT2D eigenvalue weighted by molar-refractivity contribution is -0.138. The van der Waals surface area contributed by atoms with Gasteiger partial charge < -0.3 is 10.0 Å². The van der Waals surface area contributed by atoms with Crippen molar-refractivity contribution < 1.29 is 14.7 Å². The molecule has 0 fully saturated rings. The zero-order valence-electron chi connectivity index (χ0n) is 12.5. The molecule has 0 saturated heterocycles. The summed E-state index contributed by atoms with van der Waals surface area (Å²) in [4.78, 5) is 25.4. The first-order valence-corrected chi connectivity index (χ1v) is 8.52. The minimum absolute atomic E-state index is 0.0132. The lowest BCUT2D eigenvalue weighted by Gasteiger charge is -2.20. The van der Waals surface area contributed by atoms with Crippen molar-refractivity contribution in [1.29, 1.82) is 0 Å². The monoisotopic (exact) mass is 373 g/mol. The number of carboxylic acids is 1. The molecule has 0 aliphatic rings. The average molecular weight is 374 g/mol. The van der Waals surface area contributed by atoms with Gasteiger partial charge in [-0.25, -0.2) is 0 Å². The zero-order chi connectivity index (χ0) is 16.0. The molecule has 1 amide bonds. The van der Waals surface area contributed by atoms with Crippen LogP contribution < -0.4 is 0 Å². The minimum atomic E-state index is -0.881. The second kappa shape index (κ2) is 8.44. The van der Waals surface area contributed by atoms with E-state index in [1.54, 1.807) is 4.90 Å². The number of hydrogen-bond donors (Lipinski definition) is 1. The van der Waals surface area contributed by atoms with E-state index in [2.05, 4.69) is 22.0 Å². The van der Waals surface area contributed by atoms with E-state index in [1.807, 2.05) is 26.8 Å². The topological polar surface area (TPSA) is 57.6 Å². The van der Waals surface area contributed by atoms with Gasteiger partial charge in [0.2, 0.25) is 5.91 Å². The lowest BCUT2D eigenvalue weighted by Crippen LogP contribution is -2.34. The molecule has 4 nitrogen and oxygen atoms in total. The SMILES string of the molecule is CCN(CCC(=O)O)C(=O)CSc1cc(C)c(Br)cc1C. The molecule has 0 radical (unpaired) electrons. The van der Waals surface area contributed by atoms with Crippen LogP contribution in [0.1, 0.15) is 24.5 Å². The van der Waals surface area contributed by atoms with Crippen molar-refractivity contribution in [2.75, 3.05) is 18.8 Å². The zero-order valence-corrected chi connectivity index (χ0v) is 14.9. The number of carboxylic acid groups (broad SMARTS) is 1. The molecule has 0 saturated carbocycles. The van der Waals surface area contributed by atoms with Crippen LogP contribution in [0.5, 0.6) is 0 Å². The minimum Gasteiger partial charge on any atom is -0.481 e. The van der Waals surface area contributed by atoms with Crippen LogP contribution in [0.25, 0.3) is 0 Å². The van der Waals surface area contributed by atoms with Crippen LogP contribution in [0, 0.1) is 13.8 Å². The van der Waals surface area contributed by atoms with Crippen LogP contribution >= 0.6 is 27.7 Å². The fourth-order valence-electron chi connectivity index (χ4n) is 1.83. The molecule has 1 rings (SSSR count). The third-order valence-corrected chi connectivity index (χ3v) is 5.13. The molecule has 0 aromatic heterocycles. The predicted octanol–water partition coefficient (Wildman–Crippen LogP) is 3.48. The van der Waals surface area contributed by atoms with E-state index in [-0.39, 0.29) is 18.9 Å². The quantitative estimate of drug-likeness (QED) is 0.743. The Morgan fingerprint density at radius 3 is 2.52 bits per heavy atom. The van der Waals surface area contributed by atoms with Gasteiger partial charge in [0.1, 0.15) is 0 Å². The summed E-state index contributed by atoms with van der Waals surface area (Å²) in [5.74, 6) is -0.577. The Hall–Kier alpha value is -1.01. The summed E-state index contributed by atoms with van der Waals surface area (Å²) in [6.07, 6.45) is -0.0132. The molecule has 0 aliphatic carbocycles. The molecule has 1 N–H and O–H groups in total. The highest BCUT2D eigenvalue weighted by Gasteiger charge is 2.14. The normalized spacial score (nSPS) is 10.5. The highest BCUT2D eigenvalue weighted by Crippen LogP contribution is 2.28. The van der Waals surface area contributed by atoms with Crippen LogP contribution in [0.4, 0.5) is 0 Å². The van der Waals surface area contributed by atoms with Gasteiger partial charge in [-0.15, -0.1) is 11.8 Å². The van der Waals surface area contributed by atoms with Crippen molar-refractivity contribution in [2.24, 2.45) is 0 Å². The summed E-state index contributed by atoms with van der Waals surface area (Å²) in [5, 5.41) is 8.69. The van der Waals surface area contributed by atoms with Crippen LogP contribution in [0.2, 0.25) is 0 Å². The molecule has 116 valence electrons. The summed E-state index contributed by atoms with van der Waals surface area (Å²) in [5.41, 5.74) is 2.26. The van der Waals surface area contributed by atoms with Crippen molar-refractivity contribution in [3.8, 4) is 0 Å². The van der Waals surface area contributed by atoms with E-state index in [0.29, 0.717) is 12.3 Å². The Kier molecular flexibility index (Phi) is 7.25. The number of aliphatic carboxylic acids is 1. The number of thioether (sulfide) groups is 1.